The molecule has 0 spiro atoms. The fourth-order valence-corrected chi connectivity index (χ4v) is 3.30. The summed E-state index contributed by atoms with van der Waals surface area (Å²) in [6.45, 7) is 12.8. The number of benzene rings is 2. The van der Waals surface area contributed by atoms with E-state index in [2.05, 4.69) is 53.7 Å². The Morgan fingerprint density at radius 2 is 0.795 bits per heavy atom. The van der Waals surface area contributed by atoms with Gasteiger partial charge in [-0.15, -0.1) is 13.8 Å². The van der Waals surface area contributed by atoms with Crippen LogP contribution in [0, 0.1) is 12.2 Å². The second-order valence-electron chi connectivity index (χ2n) is 9.06. The Balaban J connectivity index is 0.000000495. The third kappa shape index (κ3) is 13.9. The van der Waals surface area contributed by atoms with E-state index in [1.165, 1.54) is 33.4 Å². The molecule has 210 valence electrons. The molecule has 2 aromatic carbocycles. The molecule has 0 bridgehead atoms. The molecule has 0 saturated heterocycles. The largest absolute Gasteiger partial charge is 2.00 e. The Hall–Kier alpha value is -2.54. The average molecular weight is 630 g/mol. The van der Waals surface area contributed by atoms with E-state index in [9.17, 15) is 26.3 Å². The summed E-state index contributed by atoms with van der Waals surface area (Å²) >= 11 is 0. The van der Waals surface area contributed by atoms with Crippen molar-refractivity contribution in [3.8, 4) is 11.5 Å². The zero-order chi connectivity index (χ0) is 29.3. The van der Waals surface area contributed by atoms with Gasteiger partial charge in [0.1, 0.15) is 11.5 Å². The molecule has 9 heteroatoms. The molecule has 2 nitrogen and oxygen atoms in total. The van der Waals surface area contributed by atoms with Gasteiger partial charge in [-0.3, -0.25) is 0 Å². The summed E-state index contributed by atoms with van der Waals surface area (Å²) in [6.07, 6.45) is 0.163. The first kappa shape index (κ1) is 36.5. The first-order valence-electron chi connectivity index (χ1n) is 11.6. The molecule has 2 aromatic rings. The molecular formula is C30H32F6O2Zr. The Bertz CT molecular complexity index is 1090. The van der Waals surface area contributed by atoms with Gasteiger partial charge in [0.25, 0.3) is 0 Å². The van der Waals surface area contributed by atoms with Crippen LogP contribution in [0.3, 0.4) is 0 Å². The van der Waals surface area contributed by atoms with E-state index in [-0.39, 0.29) is 37.7 Å². The summed E-state index contributed by atoms with van der Waals surface area (Å²) in [5.74, 6) is -0.337. The van der Waals surface area contributed by atoms with Gasteiger partial charge >= 0.3 is 38.6 Å². The van der Waals surface area contributed by atoms with E-state index < -0.39 is 23.5 Å². The number of aromatic hydroxyl groups is 2. The van der Waals surface area contributed by atoms with E-state index >= 15 is 0 Å². The molecule has 0 amide bonds. The van der Waals surface area contributed by atoms with Crippen molar-refractivity contribution in [2.45, 2.75) is 66.7 Å². The van der Waals surface area contributed by atoms with Crippen LogP contribution >= 0.6 is 0 Å². The quantitative estimate of drug-likeness (QED) is 0.225. The summed E-state index contributed by atoms with van der Waals surface area (Å²) < 4.78 is 71.0. The summed E-state index contributed by atoms with van der Waals surface area (Å²) in [5, 5.41) is 17.3. The van der Waals surface area contributed by atoms with Crippen LogP contribution in [0.1, 0.15) is 65.5 Å². The molecule has 2 aliphatic carbocycles. The van der Waals surface area contributed by atoms with Crippen molar-refractivity contribution < 1.29 is 62.8 Å². The van der Waals surface area contributed by atoms with Gasteiger partial charge in [0, 0.05) is 0 Å². The van der Waals surface area contributed by atoms with Crippen LogP contribution in [0.15, 0.2) is 82.0 Å². The first-order valence-corrected chi connectivity index (χ1v) is 11.6. The van der Waals surface area contributed by atoms with Crippen molar-refractivity contribution in [2.24, 2.45) is 0 Å². The topological polar surface area (TPSA) is 40.5 Å². The van der Waals surface area contributed by atoms with E-state index in [0.29, 0.717) is 0 Å². The molecule has 0 heterocycles. The van der Waals surface area contributed by atoms with Crippen LogP contribution in [0.5, 0.6) is 11.5 Å². The number of phenols is 2. The van der Waals surface area contributed by atoms with Crippen LogP contribution in [-0.4, -0.2) is 10.2 Å². The number of hydrogen-bond donors (Lipinski definition) is 2. The maximum absolute atomic E-state index is 11.8. The van der Waals surface area contributed by atoms with Crippen LogP contribution in [0.25, 0.3) is 0 Å². The third-order valence-corrected chi connectivity index (χ3v) is 5.53. The van der Waals surface area contributed by atoms with Gasteiger partial charge in [0.05, 0.1) is 11.1 Å². The standard InChI is InChI=1S/2C8H11.2C7H5F3O.Zr/c2*1-6-4-7(2)8(3)5-6;2*8-7(9,10)5-1-3-6(11)4-2-5;/h2*4H2,1-3H3;2*1-4,11H;/q2*-1;;;+2. The van der Waals surface area contributed by atoms with Gasteiger partial charge in [-0.2, -0.15) is 37.5 Å². The minimum absolute atomic E-state index is 0. The van der Waals surface area contributed by atoms with Crippen molar-refractivity contribution >= 4 is 0 Å². The number of phenolic OH excluding ortho intramolecular Hbond substituents is 2. The summed E-state index contributed by atoms with van der Waals surface area (Å²) in [6, 6.07) is 7.33. The maximum atomic E-state index is 11.8. The van der Waals surface area contributed by atoms with E-state index in [4.69, 9.17) is 10.2 Å². The molecule has 0 saturated carbocycles. The smallest absolute Gasteiger partial charge is 0.508 e. The Morgan fingerprint density at radius 3 is 0.923 bits per heavy atom. The Kier molecular flexibility index (Phi) is 14.9. The fraction of sp³-hybridized carbons (Fsp3) is 0.333. The van der Waals surface area contributed by atoms with Gasteiger partial charge in [-0.25, -0.2) is 34.4 Å². The molecule has 0 fully saturated rings. The molecular weight excluding hydrogens is 598 g/mol. The van der Waals surface area contributed by atoms with Crippen molar-refractivity contribution in [3.63, 3.8) is 0 Å². The van der Waals surface area contributed by atoms with Gasteiger partial charge in [-0.1, -0.05) is 40.5 Å². The van der Waals surface area contributed by atoms with Crippen molar-refractivity contribution in [2.75, 3.05) is 0 Å². The Morgan fingerprint density at radius 1 is 0.538 bits per heavy atom. The van der Waals surface area contributed by atoms with E-state index in [1.54, 1.807) is 0 Å². The van der Waals surface area contributed by atoms with Gasteiger partial charge in [0.15, 0.2) is 0 Å². The number of halogens is 6. The van der Waals surface area contributed by atoms with E-state index in [0.717, 1.165) is 61.4 Å². The summed E-state index contributed by atoms with van der Waals surface area (Å²) in [4.78, 5) is 0. The minimum atomic E-state index is -4.33. The molecule has 0 radical (unpaired) electrons. The summed E-state index contributed by atoms with van der Waals surface area (Å²) in [7, 11) is 0. The van der Waals surface area contributed by atoms with Gasteiger partial charge in [0.2, 0.25) is 0 Å². The van der Waals surface area contributed by atoms with Crippen molar-refractivity contribution in [3.05, 3.63) is 105 Å². The molecule has 2 aliphatic rings. The van der Waals surface area contributed by atoms with Gasteiger partial charge < -0.3 is 10.2 Å². The number of rotatable bonds is 0. The number of alkyl halides is 6. The van der Waals surface area contributed by atoms with Crippen LogP contribution in [-0.2, 0) is 38.6 Å². The zero-order valence-electron chi connectivity index (χ0n) is 22.7. The Labute approximate surface area is 245 Å². The number of hydrogen-bond acceptors (Lipinski definition) is 2. The summed E-state index contributed by atoms with van der Waals surface area (Å²) in [5.41, 5.74) is 6.86. The van der Waals surface area contributed by atoms with Crippen molar-refractivity contribution in [1.29, 1.82) is 0 Å². The fourth-order valence-electron chi connectivity index (χ4n) is 3.30. The third-order valence-electron chi connectivity index (χ3n) is 5.53. The second-order valence-corrected chi connectivity index (χ2v) is 9.06. The van der Waals surface area contributed by atoms with Crippen LogP contribution in [0.4, 0.5) is 26.3 Å². The predicted octanol–water partition coefficient (Wildman–Crippen LogP) is 9.77. The van der Waals surface area contributed by atoms with Crippen molar-refractivity contribution in [1.82, 2.24) is 0 Å². The molecule has 4 rings (SSSR count). The molecule has 2 N–H and O–H groups in total. The zero-order valence-corrected chi connectivity index (χ0v) is 25.2. The average Bonchev–Trinajstić information content (AvgIpc) is 3.25. The molecule has 0 aromatic heterocycles. The second kappa shape index (κ2) is 15.9. The molecule has 0 atom stereocenters. The van der Waals surface area contributed by atoms with Gasteiger partial charge in [-0.05, 0) is 48.5 Å². The normalized spacial score (nSPS) is 14.6. The molecule has 0 aliphatic heterocycles. The first-order chi connectivity index (χ1) is 17.4. The predicted molar refractivity (Wildman–Crippen MR) is 137 cm³/mol. The monoisotopic (exact) mass is 628 g/mol. The molecule has 39 heavy (non-hydrogen) atoms. The van der Waals surface area contributed by atoms with E-state index in [1.807, 2.05) is 0 Å². The SMILES string of the molecule is CC1=[C-]C(C)=C(C)C1.CC1=[C-]C(C)=C(C)C1.Oc1ccc(C(F)(F)F)cc1.Oc1ccc(C(F)(F)F)cc1.[Zr+2]. The van der Waals surface area contributed by atoms with Crippen LogP contribution < -0.4 is 0 Å². The minimum Gasteiger partial charge on any atom is -0.508 e. The number of allylic oxidation sites excluding steroid dienone is 8. The van der Waals surface area contributed by atoms with Crippen LogP contribution in [0.2, 0.25) is 0 Å². The maximum Gasteiger partial charge on any atom is 2.00 e. The molecule has 0 unspecified atom stereocenters.